The maximum absolute atomic E-state index is 8.71. The van der Waals surface area contributed by atoms with Gasteiger partial charge in [0, 0.05) is 0 Å². The summed E-state index contributed by atoms with van der Waals surface area (Å²) >= 11 is 0. The second kappa shape index (κ2) is 6.59. The van der Waals surface area contributed by atoms with Crippen LogP contribution in [0.5, 0.6) is 0 Å². The number of rotatable bonds is 3. The highest BCUT2D eigenvalue weighted by Crippen LogP contribution is 2.33. The van der Waals surface area contributed by atoms with E-state index in [-0.39, 0.29) is 0 Å². The first-order valence-corrected chi connectivity index (χ1v) is 7.93. The molecule has 0 saturated heterocycles. The minimum atomic E-state index is 0.487. The van der Waals surface area contributed by atoms with Gasteiger partial charge in [-0.3, -0.25) is 0 Å². The predicted molar refractivity (Wildman–Crippen MR) is 87.0 cm³/mol. The highest BCUT2D eigenvalue weighted by molar-refractivity contribution is 5.64. The Hall–Kier alpha value is -2.07. The Balaban J connectivity index is 1.75. The largest absolute Gasteiger partial charge is 0.198 e. The Kier molecular flexibility index (Phi) is 4.36. The van der Waals surface area contributed by atoms with Crippen molar-refractivity contribution in [1.82, 2.24) is 0 Å². The van der Waals surface area contributed by atoms with Crippen LogP contribution in [0.3, 0.4) is 0 Å². The fourth-order valence-electron chi connectivity index (χ4n) is 3.29. The first-order valence-electron chi connectivity index (χ1n) is 7.93. The summed E-state index contributed by atoms with van der Waals surface area (Å²) in [5.74, 6) is 0.769. The van der Waals surface area contributed by atoms with Gasteiger partial charge in [0.05, 0.1) is 12.5 Å². The Bertz CT molecular complexity index is 610. The van der Waals surface area contributed by atoms with Gasteiger partial charge < -0.3 is 0 Å². The lowest BCUT2D eigenvalue weighted by Crippen LogP contribution is -2.04. The van der Waals surface area contributed by atoms with Crippen LogP contribution in [-0.4, -0.2) is 0 Å². The molecule has 1 nitrogen and oxygen atoms in total. The van der Waals surface area contributed by atoms with E-state index < -0.39 is 0 Å². The average Bonchev–Trinajstić information content (AvgIpc) is 2.57. The maximum Gasteiger partial charge on any atom is 0.0669 e. The summed E-state index contributed by atoms with van der Waals surface area (Å²) in [4.78, 5) is 0. The Morgan fingerprint density at radius 2 is 1.38 bits per heavy atom. The third-order valence-electron chi connectivity index (χ3n) is 4.56. The fourth-order valence-corrected chi connectivity index (χ4v) is 3.29. The van der Waals surface area contributed by atoms with Crippen molar-refractivity contribution >= 4 is 0 Å². The molecule has 0 amide bonds. The van der Waals surface area contributed by atoms with Crippen molar-refractivity contribution < 1.29 is 0 Å². The molecule has 2 aromatic rings. The minimum Gasteiger partial charge on any atom is -0.198 e. The third-order valence-corrected chi connectivity index (χ3v) is 4.56. The molecule has 2 aromatic carbocycles. The molecule has 0 N–H and O–H groups in total. The zero-order chi connectivity index (χ0) is 14.5. The SMILES string of the molecule is N#CCc1ccc(-c2ccc(C3CCCCC3)cc2)cc1. The van der Waals surface area contributed by atoms with E-state index in [4.69, 9.17) is 5.26 Å². The molecule has 3 rings (SSSR count). The Morgan fingerprint density at radius 3 is 1.95 bits per heavy atom. The average molecular weight is 275 g/mol. The van der Waals surface area contributed by atoms with Gasteiger partial charge in [0.25, 0.3) is 0 Å². The molecule has 0 aromatic heterocycles. The zero-order valence-corrected chi connectivity index (χ0v) is 12.4. The molecule has 1 saturated carbocycles. The van der Waals surface area contributed by atoms with Gasteiger partial charge in [-0.05, 0) is 41.0 Å². The van der Waals surface area contributed by atoms with Crippen LogP contribution in [0.1, 0.15) is 49.1 Å². The molecule has 106 valence electrons. The highest BCUT2D eigenvalue weighted by atomic mass is 14.2. The number of hydrogen-bond acceptors (Lipinski definition) is 1. The maximum atomic E-state index is 8.71. The van der Waals surface area contributed by atoms with E-state index in [0.29, 0.717) is 6.42 Å². The quantitative estimate of drug-likeness (QED) is 0.729. The van der Waals surface area contributed by atoms with E-state index in [1.807, 2.05) is 12.1 Å². The fraction of sp³-hybridized carbons (Fsp3) is 0.350. The van der Waals surface area contributed by atoms with Gasteiger partial charge >= 0.3 is 0 Å². The van der Waals surface area contributed by atoms with Gasteiger partial charge in [-0.25, -0.2) is 0 Å². The summed E-state index contributed by atoms with van der Waals surface area (Å²) in [5.41, 5.74) is 5.07. The molecule has 1 heteroatoms. The van der Waals surface area contributed by atoms with Crippen molar-refractivity contribution in [1.29, 1.82) is 5.26 Å². The molecule has 21 heavy (non-hydrogen) atoms. The van der Waals surface area contributed by atoms with E-state index >= 15 is 0 Å². The van der Waals surface area contributed by atoms with Gasteiger partial charge in [0.15, 0.2) is 0 Å². The van der Waals surface area contributed by atoms with Crippen LogP contribution in [0.15, 0.2) is 48.5 Å². The molecule has 0 spiro atoms. The highest BCUT2D eigenvalue weighted by Gasteiger charge is 2.15. The molecule has 0 atom stereocenters. The van der Waals surface area contributed by atoms with Gasteiger partial charge in [0.2, 0.25) is 0 Å². The normalized spacial score (nSPS) is 15.6. The van der Waals surface area contributed by atoms with Crippen LogP contribution < -0.4 is 0 Å². The first-order chi connectivity index (χ1) is 10.4. The molecule has 0 unspecified atom stereocenters. The van der Waals surface area contributed by atoms with Crippen LogP contribution in [-0.2, 0) is 6.42 Å². The topological polar surface area (TPSA) is 23.8 Å². The number of nitriles is 1. The third kappa shape index (κ3) is 3.34. The zero-order valence-electron chi connectivity index (χ0n) is 12.4. The van der Waals surface area contributed by atoms with Crippen LogP contribution in [0, 0.1) is 11.3 Å². The van der Waals surface area contributed by atoms with Crippen molar-refractivity contribution in [3.63, 3.8) is 0 Å². The van der Waals surface area contributed by atoms with Crippen molar-refractivity contribution in [2.45, 2.75) is 44.4 Å². The Labute approximate surface area is 127 Å². The van der Waals surface area contributed by atoms with Crippen LogP contribution >= 0.6 is 0 Å². The lowest BCUT2D eigenvalue weighted by molar-refractivity contribution is 0.443. The van der Waals surface area contributed by atoms with E-state index in [1.165, 1.54) is 48.8 Å². The van der Waals surface area contributed by atoms with E-state index in [0.717, 1.165) is 11.5 Å². The van der Waals surface area contributed by atoms with Crippen LogP contribution in [0.4, 0.5) is 0 Å². The standard InChI is InChI=1S/C20H21N/c21-15-14-16-6-8-18(9-7-16)20-12-10-19(11-13-20)17-4-2-1-3-5-17/h6-13,17H,1-5,14H2. The molecule has 0 bridgehead atoms. The summed E-state index contributed by atoms with van der Waals surface area (Å²) in [6, 6.07) is 19.6. The van der Waals surface area contributed by atoms with Crippen molar-refractivity contribution in [2.24, 2.45) is 0 Å². The predicted octanol–water partition coefficient (Wildman–Crippen LogP) is 5.47. The number of nitrogens with zero attached hydrogens (tertiary/aromatic N) is 1. The summed E-state index contributed by atoms with van der Waals surface area (Å²) in [7, 11) is 0. The molecule has 0 heterocycles. The second-order valence-corrected chi connectivity index (χ2v) is 5.99. The molecule has 1 aliphatic carbocycles. The molecule has 1 aliphatic rings. The van der Waals surface area contributed by atoms with Crippen molar-refractivity contribution in [3.05, 3.63) is 59.7 Å². The van der Waals surface area contributed by atoms with E-state index in [1.54, 1.807) is 0 Å². The van der Waals surface area contributed by atoms with Crippen molar-refractivity contribution in [2.75, 3.05) is 0 Å². The van der Waals surface area contributed by atoms with Crippen molar-refractivity contribution in [3.8, 4) is 17.2 Å². The first kappa shape index (κ1) is 13.9. The van der Waals surface area contributed by atoms with Gasteiger partial charge in [-0.15, -0.1) is 0 Å². The summed E-state index contributed by atoms with van der Waals surface area (Å²) in [6.07, 6.45) is 7.36. The second-order valence-electron chi connectivity index (χ2n) is 5.99. The molecule has 0 radical (unpaired) electrons. The summed E-state index contributed by atoms with van der Waals surface area (Å²) in [6.45, 7) is 0. The minimum absolute atomic E-state index is 0.487. The summed E-state index contributed by atoms with van der Waals surface area (Å²) in [5, 5.41) is 8.71. The smallest absolute Gasteiger partial charge is 0.0669 e. The monoisotopic (exact) mass is 275 g/mol. The molecule has 1 fully saturated rings. The lowest BCUT2D eigenvalue weighted by Gasteiger charge is -2.22. The van der Waals surface area contributed by atoms with E-state index in [9.17, 15) is 0 Å². The molecular formula is C20H21N. The van der Waals surface area contributed by atoms with Gasteiger partial charge in [0.1, 0.15) is 0 Å². The number of benzene rings is 2. The molecule has 0 aliphatic heterocycles. The van der Waals surface area contributed by atoms with Gasteiger partial charge in [-0.2, -0.15) is 5.26 Å². The van der Waals surface area contributed by atoms with Crippen LogP contribution in [0.25, 0.3) is 11.1 Å². The van der Waals surface area contributed by atoms with Gasteiger partial charge in [-0.1, -0.05) is 67.8 Å². The van der Waals surface area contributed by atoms with Crippen LogP contribution in [0.2, 0.25) is 0 Å². The Morgan fingerprint density at radius 1 is 0.810 bits per heavy atom. The number of hydrogen-bond donors (Lipinski definition) is 0. The lowest BCUT2D eigenvalue weighted by atomic mass is 9.84. The molecular weight excluding hydrogens is 254 g/mol. The summed E-state index contributed by atoms with van der Waals surface area (Å²) < 4.78 is 0. The van der Waals surface area contributed by atoms with E-state index in [2.05, 4.69) is 42.5 Å².